The van der Waals surface area contributed by atoms with Crippen molar-refractivity contribution in [1.29, 1.82) is 0 Å². The summed E-state index contributed by atoms with van der Waals surface area (Å²) in [4.78, 5) is 18.3. The first-order valence-corrected chi connectivity index (χ1v) is 8.49. The smallest absolute Gasteiger partial charge is 0.263 e. The second-order valence-electron chi connectivity index (χ2n) is 6.69. The van der Waals surface area contributed by atoms with E-state index in [0.29, 0.717) is 16.6 Å². The van der Waals surface area contributed by atoms with Crippen LogP contribution in [0.3, 0.4) is 0 Å². The van der Waals surface area contributed by atoms with Gasteiger partial charge in [0.2, 0.25) is 0 Å². The molecule has 4 unspecified atom stereocenters. The Kier molecular flexibility index (Phi) is 2.27. The lowest BCUT2D eigenvalue weighted by atomic mass is 10.0. The molecule has 2 bridgehead atoms. The number of nitrogens with two attached hydrogens (primary N) is 1. The monoisotopic (exact) mass is 299 g/mol. The third-order valence-corrected chi connectivity index (χ3v) is 6.87. The molecule has 21 heavy (non-hydrogen) atoms. The Labute approximate surface area is 126 Å². The molecule has 2 heterocycles. The number of carbonyl (C=O) groups is 1. The molecule has 3 N–H and O–H groups in total. The summed E-state index contributed by atoms with van der Waals surface area (Å²) in [7, 11) is 0. The molecular weight excluding hydrogens is 282 g/mol. The number of hydrogen-bond acceptors (Lipinski definition) is 4. The van der Waals surface area contributed by atoms with Crippen molar-refractivity contribution in [3.63, 3.8) is 0 Å². The Balaban J connectivity index is 1.40. The Morgan fingerprint density at radius 1 is 1.33 bits per heavy atom. The highest BCUT2D eigenvalue weighted by Crippen LogP contribution is 2.65. The topological polar surface area (TPSA) is 68.0 Å². The summed E-state index contributed by atoms with van der Waals surface area (Å²) in [6, 6.07) is 4.19. The fourth-order valence-corrected chi connectivity index (χ4v) is 5.82. The van der Waals surface area contributed by atoms with Crippen LogP contribution in [0.1, 0.15) is 28.9 Å². The number of fused-ring (bicyclic) bond motifs is 6. The van der Waals surface area contributed by atoms with Crippen molar-refractivity contribution < 1.29 is 4.79 Å². The summed E-state index contributed by atoms with van der Waals surface area (Å²) in [5.74, 6) is 3.23. The lowest BCUT2D eigenvalue weighted by molar-refractivity contribution is 0.0949. The van der Waals surface area contributed by atoms with Crippen LogP contribution in [-0.2, 0) is 0 Å². The normalized spacial score (nSPS) is 35.9. The number of pyridine rings is 1. The number of carbonyl (C=O) groups excluding carboxylic acids is 1. The maximum Gasteiger partial charge on any atom is 0.263 e. The molecule has 0 aromatic carbocycles. The van der Waals surface area contributed by atoms with Gasteiger partial charge in [-0.15, -0.1) is 11.3 Å². The van der Waals surface area contributed by atoms with Crippen LogP contribution < -0.4 is 11.1 Å². The van der Waals surface area contributed by atoms with E-state index in [0.717, 1.165) is 33.9 Å². The molecule has 0 spiro atoms. The van der Waals surface area contributed by atoms with Crippen LogP contribution in [0.25, 0.3) is 10.2 Å². The van der Waals surface area contributed by atoms with Crippen molar-refractivity contribution in [1.82, 2.24) is 10.3 Å². The molecule has 2 aromatic heterocycles. The second kappa shape index (κ2) is 3.97. The summed E-state index contributed by atoms with van der Waals surface area (Å²) in [6.45, 7) is 0. The number of nitrogens with zero attached hydrogens (tertiary/aromatic N) is 1. The fraction of sp³-hybridized carbons (Fsp3) is 0.500. The molecule has 1 amide bonds. The van der Waals surface area contributed by atoms with E-state index >= 15 is 0 Å². The van der Waals surface area contributed by atoms with E-state index in [4.69, 9.17) is 5.73 Å². The van der Waals surface area contributed by atoms with Crippen molar-refractivity contribution in [2.75, 3.05) is 5.73 Å². The molecule has 0 saturated heterocycles. The van der Waals surface area contributed by atoms with Crippen LogP contribution in [0.15, 0.2) is 18.3 Å². The third kappa shape index (κ3) is 1.55. The molecule has 4 nitrogen and oxygen atoms in total. The van der Waals surface area contributed by atoms with Crippen LogP contribution in [0.5, 0.6) is 0 Å². The molecule has 3 saturated carbocycles. The Hall–Kier alpha value is -1.62. The van der Waals surface area contributed by atoms with Gasteiger partial charge in [-0.05, 0) is 55.1 Å². The average Bonchev–Trinajstić information content (AvgIpc) is 2.84. The van der Waals surface area contributed by atoms with Crippen molar-refractivity contribution in [3.05, 3.63) is 23.2 Å². The number of amides is 1. The molecule has 3 aliphatic rings. The largest absolute Gasteiger partial charge is 0.397 e. The van der Waals surface area contributed by atoms with Gasteiger partial charge >= 0.3 is 0 Å². The molecule has 0 radical (unpaired) electrons. The van der Waals surface area contributed by atoms with Gasteiger partial charge in [0.1, 0.15) is 9.71 Å². The minimum absolute atomic E-state index is 0.00528. The Morgan fingerprint density at radius 2 is 2.10 bits per heavy atom. The first-order valence-electron chi connectivity index (χ1n) is 7.68. The Morgan fingerprint density at radius 3 is 2.81 bits per heavy atom. The maximum absolute atomic E-state index is 12.5. The SMILES string of the molecule is Nc1c(C(=O)NC2C3C4CCC(C4)C23)sc2ncccc12. The lowest BCUT2D eigenvalue weighted by Gasteiger charge is -2.10. The summed E-state index contributed by atoms with van der Waals surface area (Å²) < 4.78 is 0. The van der Waals surface area contributed by atoms with Crippen molar-refractivity contribution in [2.24, 2.45) is 23.7 Å². The lowest BCUT2D eigenvalue weighted by Crippen LogP contribution is -2.29. The van der Waals surface area contributed by atoms with E-state index < -0.39 is 0 Å². The number of rotatable bonds is 2. The highest BCUT2D eigenvalue weighted by atomic mass is 32.1. The highest BCUT2D eigenvalue weighted by Gasteiger charge is 2.65. The maximum atomic E-state index is 12.5. The Bertz CT molecular complexity index is 739. The molecule has 108 valence electrons. The zero-order valence-electron chi connectivity index (χ0n) is 11.6. The molecule has 2 aromatic rings. The summed E-state index contributed by atoms with van der Waals surface area (Å²) in [5.41, 5.74) is 6.71. The number of thiophene rings is 1. The molecule has 4 atom stereocenters. The van der Waals surface area contributed by atoms with E-state index in [-0.39, 0.29) is 5.91 Å². The van der Waals surface area contributed by atoms with E-state index in [1.807, 2.05) is 12.1 Å². The molecule has 3 aliphatic carbocycles. The summed E-state index contributed by atoms with van der Waals surface area (Å²) in [6.07, 6.45) is 5.87. The van der Waals surface area contributed by atoms with Gasteiger partial charge in [0.25, 0.3) is 5.91 Å². The number of aromatic nitrogens is 1. The standard InChI is InChI=1S/C16H17N3OS/c17-12-9-2-1-5-18-16(9)21-14(12)15(20)19-13-10-7-3-4-8(6-7)11(10)13/h1-2,5,7-8,10-11,13H,3-4,6,17H2,(H,19,20). The number of anilines is 1. The van der Waals surface area contributed by atoms with E-state index in [2.05, 4.69) is 10.3 Å². The van der Waals surface area contributed by atoms with Gasteiger partial charge in [0.05, 0.1) is 5.69 Å². The molecule has 5 heteroatoms. The zero-order chi connectivity index (χ0) is 14.1. The van der Waals surface area contributed by atoms with Crippen molar-refractivity contribution in [2.45, 2.75) is 25.3 Å². The number of hydrogen-bond donors (Lipinski definition) is 2. The van der Waals surface area contributed by atoms with Gasteiger partial charge in [-0.1, -0.05) is 0 Å². The van der Waals surface area contributed by atoms with Crippen molar-refractivity contribution in [3.8, 4) is 0 Å². The fourth-order valence-electron chi connectivity index (χ4n) is 4.86. The van der Waals surface area contributed by atoms with Crippen LogP contribution in [0.2, 0.25) is 0 Å². The van der Waals surface area contributed by atoms with Crippen LogP contribution in [0, 0.1) is 23.7 Å². The van der Waals surface area contributed by atoms with Gasteiger partial charge < -0.3 is 11.1 Å². The first-order chi connectivity index (χ1) is 10.2. The van der Waals surface area contributed by atoms with Crippen LogP contribution >= 0.6 is 11.3 Å². The van der Waals surface area contributed by atoms with E-state index in [9.17, 15) is 4.79 Å². The van der Waals surface area contributed by atoms with Crippen LogP contribution in [-0.4, -0.2) is 16.9 Å². The quantitative estimate of drug-likeness (QED) is 0.896. The number of nitrogen functional groups attached to an aromatic ring is 1. The van der Waals surface area contributed by atoms with Crippen molar-refractivity contribution >= 4 is 33.1 Å². The minimum Gasteiger partial charge on any atom is -0.397 e. The second-order valence-corrected chi connectivity index (χ2v) is 7.69. The molecule has 5 rings (SSSR count). The van der Waals surface area contributed by atoms with Gasteiger partial charge in [-0.2, -0.15) is 0 Å². The first kappa shape index (κ1) is 12.0. The van der Waals surface area contributed by atoms with Gasteiger partial charge in [-0.3, -0.25) is 4.79 Å². The van der Waals surface area contributed by atoms with Gasteiger partial charge in [-0.25, -0.2) is 4.98 Å². The van der Waals surface area contributed by atoms with E-state index in [1.54, 1.807) is 6.20 Å². The van der Waals surface area contributed by atoms with Crippen LogP contribution in [0.4, 0.5) is 5.69 Å². The number of nitrogens with one attached hydrogen (secondary N) is 1. The van der Waals surface area contributed by atoms with E-state index in [1.165, 1.54) is 30.6 Å². The van der Waals surface area contributed by atoms with Gasteiger partial charge in [0, 0.05) is 17.6 Å². The predicted octanol–water partition coefficient (Wildman–Crippen LogP) is 2.65. The predicted molar refractivity (Wildman–Crippen MR) is 83.1 cm³/mol. The van der Waals surface area contributed by atoms with Gasteiger partial charge in [0.15, 0.2) is 0 Å². The third-order valence-electron chi connectivity index (χ3n) is 5.74. The highest BCUT2D eigenvalue weighted by molar-refractivity contribution is 7.21. The molecule has 3 fully saturated rings. The molecular formula is C16H17N3OS. The average molecular weight is 299 g/mol. The summed E-state index contributed by atoms with van der Waals surface area (Å²) >= 11 is 1.40. The summed E-state index contributed by atoms with van der Waals surface area (Å²) in [5, 5.41) is 4.13. The minimum atomic E-state index is -0.00528. The zero-order valence-corrected chi connectivity index (χ0v) is 12.4. The molecule has 0 aliphatic heterocycles.